The van der Waals surface area contributed by atoms with Gasteiger partial charge in [0.1, 0.15) is 0 Å². The molecule has 0 radical (unpaired) electrons. The summed E-state index contributed by atoms with van der Waals surface area (Å²) in [6.45, 7) is 7.19. The Labute approximate surface area is 196 Å². The number of hydrogen-bond donors (Lipinski definition) is 2. The van der Waals surface area contributed by atoms with Crippen molar-refractivity contribution in [2.75, 3.05) is 53.2 Å². The molecule has 1 aromatic rings. The number of hydrogen-bond acceptors (Lipinski definition) is 5. The molecule has 0 bridgehead atoms. The van der Waals surface area contributed by atoms with Gasteiger partial charge in [-0.05, 0) is 55.2 Å². The molecule has 0 aliphatic carbocycles. The minimum atomic E-state index is 0. The molecule has 6 nitrogen and oxygen atoms in total. The second-order valence-electron chi connectivity index (χ2n) is 7.76. The van der Waals surface area contributed by atoms with Crippen molar-refractivity contribution < 1.29 is 9.47 Å². The fourth-order valence-corrected chi connectivity index (χ4v) is 5.18. The lowest BCUT2D eigenvalue weighted by Crippen LogP contribution is -2.46. The molecule has 0 amide bonds. The van der Waals surface area contributed by atoms with Gasteiger partial charge in [0, 0.05) is 44.5 Å². The van der Waals surface area contributed by atoms with Crippen molar-refractivity contribution >= 4 is 41.7 Å². The van der Waals surface area contributed by atoms with Crippen molar-refractivity contribution in [3.8, 4) is 11.5 Å². The lowest BCUT2D eigenvalue weighted by Gasteiger charge is -2.30. The number of methoxy groups -OCH3 is 2. The van der Waals surface area contributed by atoms with Gasteiger partial charge >= 0.3 is 0 Å². The standard InChI is InChI=1S/C21H34N4O2S.HI/c1-21(7-5-11-28-21)15-24-20(22-2)23-8-10-25-9-6-16-12-18(26-3)19(27-4)13-17(16)14-25;/h12-13H,5-11,14-15H2,1-4H3,(H2,22,23,24);1H. The quantitative estimate of drug-likeness (QED) is 0.319. The number of benzene rings is 1. The number of rotatable bonds is 7. The molecule has 164 valence electrons. The maximum absolute atomic E-state index is 5.46. The molecular weight excluding hydrogens is 499 g/mol. The summed E-state index contributed by atoms with van der Waals surface area (Å²) in [6, 6.07) is 4.24. The maximum Gasteiger partial charge on any atom is 0.191 e. The van der Waals surface area contributed by atoms with Gasteiger partial charge in [-0.25, -0.2) is 0 Å². The highest BCUT2D eigenvalue weighted by atomic mass is 127. The first kappa shape index (κ1) is 24.4. The smallest absolute Gasteiger partial charge is 0.191 e. The number of guanidine groups is 1. The minimum absolute atomic E-state index is 0. The average molecular weight is 535 g/mol. The molecule has 2 aliphatic rings. The molecule has 8 heteroatoms. The number of thioether (sulfide) groups is 1. The number of nitrogens with zero attached hydrogens (tertiary/aromatic N) is 2. The van der Waals surface area contributed by atoms with Crippen LogP contribution in [0.15, 0.2) is 17.1 Å². The summed E-state index contributed by atoms with van der Waals surface area (Å²) < 4.78 is 11.2. The lowest BCUT2D eigenvalue weighted by atomic mass is 9.99. The molecule has 0 spiro atoms. The van der Waals surface area contributed by atoms with Crippen LogP contribution < -0.4 is 20.1 Å². The molecule has 1 aromatic carbocycles. The van der Waals surface area contributed by atoms with Crippen molar-refractivity contribution in [3.05, 3.63) is 23.3 Å². The van der Waals surface area contributed by atoms with Gasteiger partial charge in [0.05, 0.1) is 14.2 Å². The van der Waals surface area contributed by atoms with E-state index in [1.165, 1.54) is 29.7 Å². The topological polar surface area (TPSA) is 58.1 Å². The maximum atomic E-state index is 5.46. The van der Waals surface area contributed by atoms with E-state index in [1.54, 1.807) is 14.2 Å². The largest absolute Gasteiger partial charge is 0.493 e. The molecule has 1 saturated heterocycles. The number of fused-ring (bicyclic) bond motifs is 1. The van der Waals surface area contributed by atoms with Crippen molar-refractivity contribution in [3.63, 3.8) is 0 Å². The molecule has 0 aromatic heterocycles. The second-order valence-corrected chi connectivity index (χ2v) is 9.44. The van der Waals surface area contributed by atoms with Crippen LogP contribution in [0, 0.1) is 0 Å². The van der Waals surface area contributed by atoms with Crippen LogP contribution in [0.1, 0.15) is 30.9 Å². The minimum Gasteiger partial charge on any atom is -0.493 e. The first-order valence-electron chi connectivity index (χ1n) is 10.1. The van der Waals surface area contributed by atoms with E-state index in [1.807, 2.05) is 7.05 Å². The van der Waals surface area contributed by atoms with E-state index in [0.717, 1.165) is 56.6 Å². The third kappa shape index (κ3) is 6.55. The normalized spacial score (nSPS) is 21.9. The summed E-state index contributed by atoms with van der Waals surface area (Å²) in [5.74, 6) is 3.80. The summed E-state index contributed by atoms with van der Waals surface area (Å²) in [6.07, 6.45) is 3.64. The highest BCUT2D eigenvalue weighted by Gasteiger charge is 2.29. The number of ether oxygens (including phenoxy) is 2. The Balaban J connectivity index is 0.00000300. The van der Waals surface area contributed by atoms with Crippen molar-refractivity contribution in [1.82, 2.24) is 15.5 Å². The van der Waals surface area contributed by atoms with Crippen molar-refractivity contribution in [2.45, 2.75) is 37.5 Å². The molecule has 3 rings (SSSR count). The zero-order valence-electron chi connectivity index (χ0n) is 18.0. The van der Waals surface area contributed by atoms with Gasteiger partial charge in [0.25, 0.3) is 0 Å². The Morgan fingerprint density at radius 3 is 2.55 bits per heavy atom. The van der Waals surface area contributed by atoms with E-state index < -0.39 is 0 Å². The van der Waals surface area contributed by atoms with Crippen LogP contribution in [0.2, 0.25) is 0 Å². The van der Waals surface area contributed by atoms with Crippen LogP contribution in [0.3, 0.4) is 0 Å². The predicted octanol–water partition coefficient (Wildman–Crippen LogP) is 3.13. The Kier molecular flexibility index (Phi) is 9.68. The molecule has 1 unspecified atom stereocenters. The van der Waals surface area contributed by atoms with Crippen LogP contribution in [-0.4, -0.2) is 68.8 Å². The molecule has 1 atom stereocenters. The average Bonchev–Trinajstić information content (AvgIpc) is 3.16. The second kappa shape index (κ2) is 11.5. The van der Waals surface area contributed by atoms with Crippen LogP contribution >= 0.6 is 35.7 Å². The number of aliphatic imine (C=N–C) groups is 1. The number of nitrogens with one attached hydrogen (secondary N) is 2. The Bertz CT molecular complexity index is 696. The molecular formula is C21H35IN4O2S. The van der Waals surface area contributed by atoms with Gasteiger partial charge in [-0.1, -0.05) is 0 Å². The summed E-state index contributed by atoms with van der Waals surface area (Å²) >= 11 is 2.07. The van der Waals surface area contributed by atoms with Crippen LogP contribution in [-0.2, 0) is 13.0 Å². The van der Waals surface area contributed by atoms with E-state index >= 15 is 0 Å². The van der Waals surface area contributed by atoms with Gasteiger partial charge in [-0.15, -0.1) is 24.0 Å². The lowest BCUT2D eigenvalue weighted by molar-refractivity contribution is 0.256. The first-order chi connectivity index (χ1) is 13.6. The Hall–Kier alpha value is -0.870. The fraction of sp³-hybridized carbons (Fsp3) is 0.667. The Morgan fingerprint density at radius 2 is 1.93 bits per heavy atom. The van der Waals surface area contributed by atoms with Crippen LogP contribution in [0.5, 0.6) is 11.5 Å². The van der Waals surface area contributed by atoms with Crippen LogP contribution in [0.4, 0.5) is 0 Å². The number of halogens is 1. The molecule has 1 fully saturated rings. The first-order valence-corrected chi connectivity index (χ1v) is 11.1. The summed E-state index contributed by atoms with van der Waals surface area (Å²) in [5.41, 5.74) is 2.69. The molecule has 2 aliphatic heterocycles. The molecule has 29 heavy (non-hydrogen) atoms. The van der Waals surface area contributed by atoms with Gasteiger partial charge in [-0.2, -0.15) is 11.8 Å². The van der Waals surface area contributed by atoms with Crippen molar-refractivity contribution in [2.24, 2.45) is 4.99 Å². The van der Waals surface area contributed by atoms with E-state index in [2.05, 4.69) is 51.3 Å². The predicted molar refractivity (Wildman–Crippen MR) is 133 cm³/mol. The summed E-state index contributed by atoms with van der Waals surface area (Å²) in [4.78, 5) is 6.85. The third-order valence-electron chi connectivity index (χ3n) is 5.67. The van der Waals surface area contributed by atoms with Crippen molar-refractivity contribution in [1.29, 1.82) is 0 Å². The van der Waals surface area contributed by atoms with Gasteiger partial charge in [-0.3, -0.25) is 9.89 Å². The molecule has 2 heterocycles. The summed E-state index contributed by atoms with van der Waals surface area (Å²) in [7, 11) is 5.23. The summed E-state index contributed by atoms with van der Waals surface area (Å²) in [5, 5.41) is 6.97. The van der Waals surface area contributed by atoms with E-state index in [4.69, 9.17) is 9.47 Å². The van der Waals surface area contributed by atoms with E-state index in [9.17, 15) is 0 Å². The SMILES string of the molecule is CN=C(NCCN1CCc2cc(OC)c(OC)cc2C1)NCC1(C)CCCS1.I. The van der Waals surface area contributed by atoms with Gasteiger partial charge < -0.3 is 20.1 Å². The third-order valence-corrected chi connectivity index (χ3v) is 7.21. The van der Waals surface area contributed by atoms with E-state index in [-0.39, 0.29) is 24.0 Å². The highest BCUT2D eigenvalue weighted by Crippen LogP contribution is 2.37. The highest BCUT2D eigenvalue weighted by molar-refractivity contribution is 14.0. The zero-order valence-corrected chi connectivity index (χ0v) is 21.2. The van der Waals surface area contributed by atoms with E-state index in [0.29, 0.717) is 4.75 Å². The van der Waals surface area contributed by atoms with Crippen LogP contribution in [0.25, 0.3) is 0 Å². The Morgan fingerprint density at radius 1 is 1.21 bits per heavy atom. The zero-order chi connectivity index (χ0) is 20.0. The monoisotopic (exact) mass is 534 g/mol. The molecule has 0 saturated carbocycles. The fourth-order valence-electron chi connectivity index (χ4n) is 3.93. The molecule has 2 N–H and O–H groups in total. The van der Waals surface area contributed by atoms with Gasteiger partial charge in [0.2, 0.25) is 0 Å². The van der Waals surface area contributed by atoms with Gasteiger partial charge in [0.15, 0.2) is 17.5 Å².